The van der Waals surface area contributed by atoms with Gasteiger partial charge < -0.3 is 19.5 Å². The first-order valence-corrected chi connectivity index (χ1v) is 12.7. The van der Waals surface area contributed by atoms with Gasteiger partial charge in [-0.15, -0.1) is 0 Å². The van der Waals surface area contributed by atoms with E-state index in [-0.39, 0.29) is 35.9 Å². The highest BCUT2D eigenvalue weighted by molar-refractivity contribution is 5.88. The van der Waals surface area contributed by atoms with E-state index in [1.165, 1.54) is 18.4 Å². The molecule has 0 spiro atoms. The van der Waals surface area contributed by atoms with Crippen molar-refractivity contribution in [2.75, 3.05) is 26.7 Å². The van der Waals surface area contributed by atoms with E-state index in [0.29, 0.717) is 19.0 Å². The number of ether oxygens (including phenoxy) is 2. The second kappa shape index (κ2) is 9.35. The van der Waals surface area contributed by atoms with Gasteiger partial charge in [0.1, 0.15) is 24.6 Å². The molecule has 34 heavy (non-hydrogen) atoms. The van der Waals surface area contributed by atoms with Crippen molar-refractivity contribution in [1.82, 2.24) is 4.90 Å². The summed E-state index contributed by atoms with van der Waals surface area (Å²) in [6.07, 6.45) is 4.83. The van der Waals surface area contributed by atoms with E-state index in [1.807, 2.05) is 37.4 Å². The highest BCUT2D eigenvalue weighted by Crippen LogP contribution is 2.56. The molecule has 0 radical (unpaired) electrons. The van der Waals surface area contributed by atoms with E-state index in [4.69, 9.17) is 9.47 Å². The van der Waals surface area contributed by atoms with E-state index in [2.05, 4.69) is 30.5 Å². The van der Waals surface area contributed by atoms with Crippen LogP contribution in [0.15, 0.2) is 54.6 Å². The van der Waals surface area contributed by atoms with Gasteiger partial charge in [0.15, 0.2) is 0 Å². The van der Waals surface area contributed by atoms with Gasteiger partial charge in [-0.2, -0.15) is 0 Å². The molecule has 5 rings (SSSR count). The van der Waals surface area contributed by atoms with Crippen molar-refractivity contribution in [1.29, 1.82) is 0 Å². The molecule has 0 unspecified atom stereocenters. The van der Waals surface area contributed by atoms with Gasteiger partial charge in [-0.3, -0.25) is 4.79 Å². The van der Waals surface area contributed by atoms with Gasteiger partial charge in [0.2, 0.25) is 0 Å². The predicted molar refractivity (Wildman–Crippen MR) is 134 cm³/mol. The normalized spacial score (nSPS) is 31.8. The van der Waals surface area contributed by atoms with Crippen molar-refractivity contribution < 1.29 is 19.4 Å². The number of carbonyl (C=O) groups excluding carboxylic acids is 1. The van der Waals surface area contributed by atoms with Crippen LogP contribution in [0.3, 0.4) is 0 Å². The Labute approximate surface area is 202 Å². The third-order valence-electron chi connectivity index (χ3n) is 8.53. The third-order valence-corrected chi connectivity index (χ3v) is 8.53. The molecule has 2 aromatic carbocycles. The Morgan fingerprint density at radius 2 is 2.06 bits per heavy atom. The number of nitrogens with zero attached hydrogens (tertiary/aromatic N) is 1. The Balaban J connectivity index is 1.17. The first kappa shape index (κ1) is 23.4. The van der Waals surface area contributed by atoms with E-state index >= 15 is 0 Å². The average Bonchev–Trinajstić information content (AvgIpc) is 3.09. The minimum atomic E-state index is -0.648. The van der Waals surface area contributed by atoms with Crippen LogP contribution >= 0.6 is 0 Å². The molecule has 1 heterocycles. The van der Waals surface area contributed by atoms with E-state index in [0.717, 1.165) is 35.8 Å². The van der Waals surface area contributed by atoms with E-state index in [9.17, 15) is 9.90 Å². The molecule has 3 aliphatic rings. The molecule has 5 nitrogen and oxygen atoms in total. The molecule has 6 atom stereocenters. The summed E-state index contributed by atoms with van der Waals surface area (Å²) in [5.41, 5.74) is 1.58. The van der Waals surface area contributed by atoms with Crippen LogP contribution in [-0.4, -0.2) is 54.9 Å². The number of benzene rings is 2. The molecule has 2 aromatic rings. The lowest BCUT2D eigenvalue weighted by Crippen LogP contribution is -2.46. The molecule has 0 bridgehead atoms. The van der Waals surface area contributed by atoms with Gasteiger partial charge in [0, 0.05) is 24.4 Å². The number of fused-ring (bicyclic) bond motifs is 3. The highest BCUT2D eigenvalue weighted by Gasteiger charge is 2.55. The molecular formula is C29H37NO4. The number of aliphatic hydroxyl groups excluding tert-OH is 1. The zero-order chi connectivity index (χ0) is 23.9. The first-order valence-electron chi connectivity index (χ1n) is 12.7. The van der Waals surface area contributed by atoms with Gasteiger partial charge in [-0.1, -0.05) is 55.5 Å². The van der Waals surface area contributed by atoms with Crippen LogP contribution < -0.4 is 4.74 Å². The van der Waals surface area contributed by atoms with Gasteiger partial charge in [-0.05, 0) is 61.9 Å². The predicted octanol–water partition coefficient (Wildman–Crippen LogP) is 4.83. The lowest BCUT2D eigenvalue weighted by Gasteiger charge is -2.50. The maximum Gasteiger partial charge on any atom is 0.310 e. The molecule has 182 valence electrons. The van der Waals surface area contributed by atoms with Gasteiger partial charge in [0.05, 0.1) is 5.92 Å². The largest absolute Gasteiger partial charge is 0.490 e. The van der Waals surface area contributed by atoms with Gasteiger partial charge in [-0.25, -0.2) is 0 Å². The maximum absolute atomic E-state index is 12.8. The second-order valence-corrected chi connectivity index (χ2v) is 11.1. The maximum atomic E-state index is 12.8. The molecule has 3 fully saturated rings. The van der Waals surface area contributed by atoms with Gasteiger partial charge >= 0.3 is 5.97 Å². The van der Waals surface area contributed by atoms with Crippen molar-refractivity contribution in [3.8, 4) is 5.75 Å². The lowest BCUT2D eigenvalue weighted by atomic mass is 9.55. The Hall–Kier alpha value is -2.37. The Bertz CT molecular complexity index is 1060. The zero-order valence-corrected chi connectivity index (χ0v) is 20.4. The highest BCUT2D eigenvalue weighted by atomic mass is 16.6. The Morgan fingerprint density at radius 1 is 1.26 bits per heavy atom. The number of esters is 1. The van der Waals surface area contributed by atoms with Crippen molar-refractivity contribution >= 4 is 16.7 Å². The molecule has 5 heteroatoms. The minimum Gasteiger partial charge on any atom is -0.490 e. The molecule has 1 N–H and O–H groups in total. The molecule has 1 aliphatic heterocycles. The molecule has 0 amide bonds. The number of hydrogen-bond donors (Lipinski definition) is 1. The second-order valence-electron chi connectivity index (χ2n) is 11.1. The minimum absolute atomic E-state index is 0.0256. The van der Waals surface area contributed by atoms with Gasteiger partial charge in [0.25, 0.3) is 0 Å². The molecule has 0 aromatic heterocycles. The summed E-state index contributed by atoms with van der Waals surface area (Å²) < 4.78 is 11.9. The van der Waals surface area contributed by atoms with Crippen LogP contribution in [0.25, 0.3) is 10.8 Å². The van der Waals surface area contributed by atoms with Crippen LogP contribution in [0.5, 0.6) is 5.75 Å². The Morgan fingerprint density at radius 3 is 2.91 bits per heavy atom. The van der Waals surface area contributed by atoms with E-state index in [1.54, 1.807) is 0 Å². The van der Waals surface area contributed by atoms with Crippen LogP contribution in [0.2, 0.25) is 0 Å². The summed E-state index contributed by atoms with van der Waals surface area (Å²) in [6, 6.07) is 14.0. The SMILES string of the molecule is C=C1CCC[C@]2(C)C[C@H]3OC(=O)[C@@H](CN(C)C[C@H](O)COc4cccc5ccccc45)[C@@H]3C[C@H]12. The standard InChI is InChI=1S/C29H37NO4/c1-19-8-7-13-29(2)15-27-23(14-25(19)29)24(28(32)34-27)17-30(3)16-21(31)18-33-26-12-6-10-20-9-4-5-11-22(20)26/h4-6,9-12,21,23-25,27,31H,1,7-8,13-18H2,2-3H3/t21-,23-,24-,25+,27+,29+/m0/s1. The summed E-state index contributed by atoms with van der Waals surface area (Å²) in [4.78, 5) is 14.9. The summed E-state index contributed by atoms with van der Waals surface area (Å²) in [5.74, 6) is 1.30. The zero-order valence-electron chi connectivity index (χ0n) is 20.4. The summed E-state index contributed by atoms with van der Waals surface area (Å²) in [6.45, 7) is 7.99. The quantitative estimate of drug-likeness (QED) is 0.471. The Kier molecular flexibility index (Phi) is 6.43. The molecule has 1 saturated heterocycles. The smallest absolute Gasteiger partial charge is 0.310 e. The summed E-state index contributed by atoms with van der Waals surface area (Å²) >= 11 is 0. The van der Waals surface area contributed by atoms with Crippen molar-refractivity contribution in [2.24, 2.45) is 23.2 Å². The number of rotatable bonds is 7. The lowest BCUT2D eigenvalue weighted by molar-refractivity contribution is -0.146. The molecule has 2 saturated carbocycles. The fourth-order valence-corrected chi connectivity index (χ4v) is 6.80. The number of hydrogen-bond acceptors (Lipinski definition) is 5. The van der Waals surface area contributed by atoms with E-state index < -0.39 is 6.10 Å². The molecule has 2 aliphatic carbocycles. The molecular weight excluding hydrogens is 426 g/mol. The van der Waals surface area contributed by atoms with Crippen LogP contribution in [0.4, 0.5) is 0 Å². The number of carbonyl (C=O) groups is 1. The van der Waals surface area contributed by atoms with Crippen molar-refractivity contribution in [2.45, 2.75) is 51.2 Å². The summed E-state index contributed by atoms with van der Waals surface area (Å²) in [5, 5.41) is 12.8. The topological polar surface area (TPSA) is 59.0 Å². The van der Waals surface area contributed by atoms with Crippen LogP contribution in [0.1, 0.15) is 39.0 Å². The van der Waals surface area contributed by atoms with Crippen LogP contribution in [-0.2, 0) is 9.53 Å². The van der Waals surface area contributed by atoms with Crippen molar-refractivity contribution in [3.05, 3.63) is 54.6 Å². The fourth-order valence-electron chi connectivity index (χ4n) is 6.80. The fraction of sp³-hybridized carbons (Fsp3) is 0.552. The van der Waals surface area contributed by atoms with Crippen LogP contribution in [0, 0.1) is 23.2 Å². The summed E-state index contributed by atoms with van der Waals surface area (Å²) in [7, 11) is 1.97. The average molecular weight is 464 g/mol. The van der Waals surface area contributed by atoms with Crippen molar-refractivity contribution in [3.63, 3.8) is 0 Å². The number of likely N-dealkylation sites (N-methyl/N-ethyl adjacent to an activating group) is 1. The number of aliphatic hydroxyl groups is 1. The number of allylic oxidation sites excluding steroid dienone is 1. The monoisotopic (exact) mass is 463 g/mol. The third kappa shape index (κ3) is 4.48. The first-order chi connectivity index (χ1) is 16.3.